The number of hydrogen-bond acceptors (Lipinski definition) is 5. The molecule has 0 N–H and O–H groups in total. The van der Waals surface area contributed by atoms with E-state index in [9.17, 15) is 0 Å². The zero-order valence-corrected chi connectivity index (χ0v) is 16.2. The van der Waals surface area contributed by atoms with Gasteiger partial charge in [-0.2, -0.15) is 0 Å². The maximum atomic E-state index is 6.33. The highest BCUT2D eigenvalue weighted by Gasteiger charge is 2.31. The molecule has 2 aliphatic rings. The minimum absolute atomic E-state index is 0.382. The van der Waals surface area contributed by atoms with Crippen LogP contribution in [0.4, 0.5) is 0 Å². The first kappa shape index (κ1) is 19.5. The molecule has 3 rings (SSSR count). The lowest BCUT2D eigenvalue weighted by Crippen LogP contribution is -2.51. The summed E-state index contributed by atoms with van der Waals surface area (Å²) in [4.78, 5) is 2.58. The van der Waals surface area contributed by atoms with Crippen LogP contribution >= 0.6 is 0 Å². The quantitative estimate of drug-likeness (QED) is 0.663. The third kappa shape index (κ3) is 5.12. The van der Waals surface area contributed by atoms with E-state index in [1.807, 2.05) is 6.07 Å². The van der Waals surface area contributed by atoms with Gasteiger partial charge in [0.15, 0.2) is 11.5 Å². The van der Waals surface area contributed by atoms with Gasteiger partial charge >= 0.3 is 0 Å². The van der Waals surface area contributed by atoms with Crippen molar-refractivity contribution in [1.82, 2.24) is 4.90 Å². The summed E-state index contributed by atoms with van der Waals surface area (Å²) in [5, 5.41) is 0. The van der Waals surface area contributed by atoms with Crippen LogP contribution in [-0.4, -0.2) is 64.2 Å². The Labute approximate surface area is 157 Å². The van der Waals surface area contributed by atoms with E-state index in [2.05, 4.69) is 17.0 Å². The van der Waals surface area contributed by atoms with Gasteiger partial charge in [-0.15, -0.1) is 0 Å². The summed E-state index contributed by atoms with van der Waals surface area (Å²) in [6.45, 7) is 4.65. The van der Waals surface area contributed by atoms with Gasteiger partial charge in [-0.25, -0.2) is 0 Å². The SMILES string of the molecule is COc1ccc(CCCO[C@@H]2CCCC[C@H]2N2CCOCC2)cc1OC. The summed E-state index contributed by atoms with van der Waals surface area (Å²) in [5.41, 5.74) is 1.26. The zero-order valence-electron chi connectivity index (χ0n) is 16.2. The first-order valence-electron chi connectivity index (χ1n) is 9.96. The number of rotatable bonds is 8. The van der Waals surface area contributed by atoms with Crippen molar-refractivity contribution >= 4 is 0 Å². The van der Waals surface area contributed by atoms with Crippen molar-refractivity contribution in [3.63, 3.8) is 0 Å². The van der Waals surface area contributed by atoms with Crippen molar-refractivity contribution in [2.24, 2.45) is 0 Å². The number of aryl methyl sites for hydroxylation is 1. The highest BCUT2D eigenvalue weighted by molar-refractivity contribution is 5.42. The molecule has 0 bridgehead atoms. The van der Waals surface area contributed by atoms with Crippen LogP contribution in [-0.2, 0) is 15.9 Å². The van der Waals surface area contributed by atoms with Crippen molar-refractivity contribution in [1.29, 1.82) is 0 Å². The molecule has 1 aromatic carbocycles. The predicted octanol–water partition coefficient (Wildman–Crippen LogP) is 3.30. The second-order valence-electron chi connectivity index (χ2n) is 7.20. The maximum Gasteiger partial charge on any atom is 0.160 e. The molecule has 5 nitrogen and oxygen atoms in total. The fraction of sp³-hybridized carbons (Fsp3) is 0.714. The Bertz CT molecular complexity index is 545. The molecule has 1 saturated carbocycles. The monoisotopic (exact) mass is 363 g/mol. The van der Waals surface area contributed by atoms with Crippen molar-refractivity contribution < 1.29 is 18.9 Å². The summed E-state index contributed by atoms with van der Waals surface area (Å²) in [7, 11) is 3.35. The molecule has 0 radical (unpaired) electrons. The fourth-order valence-corrected chi connectivity index (χ4v) is 4.15. The molecule has 1 saturated heterocycles. The molecular weight excluding hydrogens is 330 g/mol. The Kier molecular flexibility index (Phi) is 7.59. The van der Waals surface area contributed by atoms with E-state index in [4.69, 9.17) is 18.9 Å². The van der Waals surface area contributed by atoms with Gasteiger partial charge in [-0.05, 0) is 43.4 Å². The van der Waals surface area contributed by atoms with Gasteiger partial charge in [0.1, 0.15) is 0 Å². The number of ether oxygens (including phenoxy) is 4. The lowest BCUT2D eigenvalue weighted by molar-refractivity contribution is -0.0657. The second kappa shape index (κ2) is 10.1. The molecule has 26 heavy (non-hydrogen) atoms. The highest BCUT2D eigenvalue weighted by atomic mass is 16.5. The average Bonchev–Trinajstić information content (AvgIpc) is 2.72. The van der Waals surface area contributed by atoms with Gasteiger partial charge in [-0.1, -0.05) is 18.9 Å². The minimum Gasteiger partial charge on any atom is -0.493 e. The van der Waals surface area contributed by atoms with E-state index in [0.29, 0.717) is 12.1 Å². The van der Waals surface area contributed by atoms with Crippen molar-refractivity contribution in [2.45, 2.75) is 50.7 Å². The molecule has 1 aliphatic heterocycles. The van der Waals surface area contributed by atoms with E-state index < -0.39 is 0 Å². The molecule has 1 aromatic rings. The summed E-state index contributed by atoms with van der Waals surface area (Å²) in [6.07, 6.45) is 7.48. The molecule has 0 amide bonds. The normalized spacial score (nSPS) is 24.4. The minimum atomic E-state index is 0.382. The average molecular weight is 363 g/mol. The van der Waals surface area contributed by atoms with Crippen LogP contribution in [0.3, 0.4) is 0 Å². The molecule has 2 atom stereocenters. The van der Waals surface area contributed by atoms with E-state index >= 15 is 0 Å². The summed E-state index contributed by atoms with van der Waals surface area (Å²) in [5.74, 6) is 1.58. The Morgan fingerprint density at radius 3 is 2.58 bits per heavy atom. The van der Waals surface area contributed by atoms with E-state index in [1.165, 1.54) is 31.2 Å². The van der Waals surface area contributed by atoms with Crippen LogP contribution in [0, 0.1) is 0 Å². The predicted molar refractivity (Wildman–Crippen MR) is 102 cm³/mol. The molecule has 0 aromatic heterocycles. The summed E-state index contributed by atoms with van der Waals surface area (Å²) in [6, 6.07) is 6.73. The standard InChI is InChI=1S/C21H33NO4/c1-23-20-10-9-17(16-21(20)24-2)6-5-13-26-19-8-4-3-7-18(19)22-11-14-25-15-12-22/h9-10,16,18-19H,3-8,11-15H2,1-2H3/t18-,19-/m1/s1. The van der Waals surface area contributed by atoms with Crippen LogP contribution in [0.5, 0.6) is 11.5 Å². The first-order chi connectivity index (χ1) is 12.8. The van der Waals surface area contributed by atoms with Crippen molar-refractivity contribution in [3.05, 3.63) is 23.8 Å². The smallest absolute Gasteiger partial charge is 0.160 e. The number of nitrogens with zero attached hydrogens (tertiary/aromatic N) is 1. The number of morpholine rings is 1. The van der Waals surface area contributed by atoms with Gasteiger partial charge in [0, 0.05) is 25.7 Å². The third-order valence-electron chi connectivity index (χ3n) is 5.57. The third-order valence-corrected chi connectivity index (χ3v) is 5.57. The number of methoxy groups -OCH3 is 2. The Morgan fingerprint density at radius 2 is 1.81 bits per heavy atom. The number of hydrogen-bond donors (Lipinski definition) is 0. The Morgan fingerprint density at radius 1 is 1.04 bits per heavy atom. The maximum absolute atomic E-state index is 6.33. The Hall–Kier alpha value is -1.30. The van der Waals surface area contributed by atoms with E-state index in [1.54, 1.807) is 14.2 Å². The van der Waals surface area contributed by atoms with Crippen molar-refractivity contribution in [2.75, 3.05) is 47.1 Å². The zero-order chi connectivity index (χ0) is 18.2. The molecular formula is C21H33NO4. The molecule has 0 unspecified atom stereocenters. The fourth-order valence-electron chi connectivity index (χ4n) is 4.15. The summed E-state index contributed by atoms with van der Waals surface area (Å²) >= 11 is 0. The van der Waals surface area contributed by atoms with Gasteiger partial charge < -0.3 is 18.9 Å². The topological polar surface area (TPSA) is 40.2 Å². The van der Waals surface area contributed by atoms with Crippen LogP contribution in [0.1, 0.15) is 37.7 Å². The van der Waals surface area contributed by atoms with Crippen LogP contribution in [0.15, 0.2) is 18.2 Å². The van der Waals surface area contributed by atoms with E-state index in [0.717, 1.165) is 57.3 Å². The molecule has 2 fully saturated rings. The van der Waals surface area contributed by atoms with Crippen LogP contribution in [0.25, 0.3) is 0 Å². The van der Waals surface area contributed by atoms with Gasteiger partial charge in [0.2, 0.25) is 0 Å². The lowest BCUT2D eigenvalue weighted by atomic mass is 9.91. The van der Waals surface area contributed by atoms with Crippen molar-refractivity contribution in [3.8, 4) is 11.5 Å². The van der Waals surface area contributed by atoms with Crippen LogP contribution < -0.4 is 9.47 Å². The first-order valence-corrected chi connectivity index (χ1v) is 9.96. The second-order valence-corrected chi connectivity index (χ2v) is 7.20. The highest BCUT2D eigenvalue weighted by Crippen LogP contribution is 2.29. The molecule has 1 aliphatic carbocycles. The van der Waals surface area contributed by atoms with Gasteiger partial charge in [-0.3, -0.25) is 4.90 Å². The molecule has 146 valence electrons. The largest absolute Gasteiger partial charge is 0.493 e. The molecule has 5 heteroatoms. The molecule has 1 heterocycles. The van der Waals surface area contributed by atoms with Gasteiger partial charge in [0.05, 0.1) is 33.5 Å². The molecule has 0 spiro atoms. The Balaban J connectivity index is 1.46. The van der Waals surface area contributed by atoms with E-state index in [-0.39, 0.29) is 0 Å². The summed E-state index contributed by atoms with van der Waals surface area (Å²) < 4.78 is 22.5. The lowest BCUT2D eigenvalue weighted by Gasteiger charge is -2.41. The van der Waals surface area contributed by atoms with Crippen LogP contribution in [0.2, 0.25) is 0 Å². The van der Waals surface area contributed by atoms with Gasteiger partial charge in [0.25, 0.3) is 0 Å². The number of benzene rings is 1.